The van der Waals surface area contributed by atoms with Crippen LogP contribution in [-0.4, -0.2) is 46.6 Å². The number of hydrogen-bond donors (Lipinski definition) is 4. The van der Waals surface area contributed by atoms with Crippen molar-refractivity contribution in [1.82, 2.24) is 15.3 Å². The highest BCUT2D eigenvalue weighted by Gasteiger charge is 2.25. The van der Waals surface area contributed by atoms with Crippen molar-refractivity contribution in [1.29, 1.82) is 0 Å². The van der Waals surface area contributed by atoms with Crippen molar-refractivity contribution in [3.05, 3.63) is 52.7 Å². The molecule has 2 aromatic rings. The van der Waals surface area contributed by atoms with Gasteiger partial charge < -0.3 is 20.7 Å². The molecule has 3 rings (SSSR count). The number of anilines is 1. The van der Waals surface area contributed by atoms with E-state index in [1.54, 1.807) is 11.8 Å². The molecule has 4 N–H and O–H groups in total. The van der Waals surface area contributed by atoms with E-state index >= 15 is 0 Å². The molecule has 0 saturated heterocycles. The zero-order valence-electron chi connectivity index (χ0n) is 12.7. The van der Waals surface area contributed by atoms with Crippen molar-refractivity contribution in [3.8, 4) is 0 Å². The van der Waals surface area contributed by atoms with Crippen LogP contribution in [0.3, 0.4) is 0 Å². The molecule has 0 amide bonds. The molecule has 0 radical (unpaired) electrons. The summed E-state index contributed by atoms with van der Waals surface area (Å²) < 4.78 is 0. The van der Waals surface area contributed by atoms with E-state index in [1.165, 1.54) is 6.33 Å². The molecule has 2 atom stereocenters. The summed E-state index contributed by atoms with van der Waals surface area (Å²) in [6, 6.07) is 10.0. The number of H-pyrrole nitrogens is 1. The molecular weight excluding hydrogens is 312 g/mol. The summed E-state index contributed by atoms with van der Waals surface area (Å²) in [5, 5.41) is 16.4. The van der Waals surface area contributed by atoms with Gasteiger partial charge in [0, 0.05) is 36.2 Å². The normalized spacial score (nSPS) is 17.5. The number of nitrogens with one attached hydrogen (secondary N) is 3. The van der Waals surface area contributed by atoms with E-state index < -0.39 is 6.10 Å². The Morgan fingerprint density at radius 3 is 3.04 bits per heavy atom. The number of aromatic nitrogens is 2. The third-order valence-electron chi connectivity index (χ3n) is 3.75. The van der Waals surface area contributed by atoms with Crippen LogP contribution in [0.15, 0.2) is 46.3 Å². The number of hydrogen-bond acceptors (Lipinski definition) is 6. The predicted molar refractivity (Wildman–Crippen MR) is 92.1 cm³/mol. The third kappa shape index (κ3) is 4.13. The number of thioether (sulfide) groups is 1. The van der Waals surface area contributed by atoms with Gasteiger partial charge in [0.1, 0.15) is 5.69 Å². The molecule has 0 fully saturated rings. The van der Waals surface area contributed by atoms with Gasteiger partial charge in [0.15, 0.2) is 0 Å². The average Bonchev–Trinajstić information content (AvgIpc) is 2.99. The minimum atomic E-state index is -0.416. The van der Waals surface area contributed by atoms with Gasteiger partial charge in [-0.2, -0.15) is 0 Å². The van der Waals surface area contributed by atoms with Crippen molar-refractivity contribution in [2.75, 3.05) is 30.7 Å². The van der Waals surface area contributed by atoms with E-state index in [9.17, 15) is 9.90 Å². The van der Waals surface area contributed by atoms with Crippen LogP contribution in [-0.2, 0) is 0 Å². The van der Waals surface area contributed by atoms with Gasteiger partial charge in [-0.1, -0.05) is 18.2 Å². The number of nitrogens with zero attached hydrogens (tertiary/aromatic N) is 1. The minimum absolute atomic E-state index is 0.128. The Hall–Kier alpha value is -1.83. The molecular formula is C16H20N4O2S. The fourth-order valence-corrected chi connectivity index (χ4v) is 3.43. The largest absolute Gasteiger partial charge is 0.391 e. The van der Waals surface area contributed by atoms with Crippen LogP contribution in [0.5, 0.6) is 0 Å². The summed E-state index contributed by atoms with van der Waals surface area (Å²) >= 11 is 1.64. The lowest BCUT2D eigenvalue weighted by molar-refractivity contribution is 0.195. The van der Waals surface area contributed by atoms with E-state index in [4.69, 9.17) is 0 Å². The standard InChI is InChI=1S/C16H20N4O2S/c21-12(9-23-13-4-2-1-3-5-13)8-17-6-11-7-18-15-14(11)19-10-20-16(15)22/h1-5,10-12,17-18,21H,6-9H2,(H,19,20,22)/t11?,12-/m1/s1. The van der Waals surface area contributed by atoms with Crippen LogP contribution in [0, 0.1) is 0 Å². The van der Waals surface area contributed by atoms with Crippen molar-refractivity contribution in [3.63, 3.8) is 0 Å². The molecule has 23 heavy (non-hydrogen) atoms. The Labute approximate surface area is 138 Å². The number of rotatable bonds is 7. The summed E-state index contributed by atoms with van der Waals surface area (Å²) in [6.07, 6.45) is 1.02. The first kappa shape index (κ1) is 16.0. The lowest BCUT2D eigenvalue weighted by Gasteiger charge is -2.14. The minimum Gasteiger partial charge on any atom is -0.391 e. The molecule has 0 spiro atoms. The third-order valence-corrected chi connectivity index (χ3v) is 4.91. The van der Waals surface area contributed by atoms with Crippen molar-refractivity contribution in [2.24, 2.45) is 0 Å². The zero-order valence-corrected chi connectivity index (χ0v) is 13.5. The van der Waals surface area contributed by atoms with Crippen molar-refractivity contribution in [2.45, 2.75) is 16.9 Å². The van der Waals surface area contributed by atoms with Crippen molar-refractivity contribution < 1.29 is 5.11 Å². The number of aromatic amines is 1. The second kappa shape index (κ2) is 7.63. The highest BCUT2D eigenvalue weighted by atomic mass is 32.2. The molecule has 1 aliphatic rings. The second-order valence-corrected chi connectivity index (χ2v) is 6.60. The number of aliphatic hydroxyl groups excluding tert-OH is 1. The topological polar surface area (TPSA) is 90.0 Å². The maximum atomic E-state index is 11.6. The lowest BCUT2D eigenvalue weighted by Crippen LogP contribution is -2.32. The fraction of sp³-hybridized carbons (Fsp3) is 0.375. The maximum Gasteiger partial charge on any atom is 0.274 e. The first-order chi connectivity index (χ1) is 11.2. The lowest BCUT2D eigenvalue weighted by atomic mass is 10.1. The van der Waals surface area contributed by atoms with Gasteiger partial charge in [-0.15, -0.1) is 11.8 Å². The van der Waals surface area contributed by atoms with E-state index in [0.717, 1.165) is 10.6 Å². The fourth-order valence-electron chi connectivity index (χ4n) is 2.58. The number of fused-ring (bicyclic) bond motifs is 1. The first-order valence-corrected chi connectivity index (χ1v) is 8.60. The van der Waals surface area contributed by atoms with Gasteiger partial charge in [-0.3, -0.25) is 4.79 Å². The van der Waals surface area contributed by atoms with Gasteiger partial charge in [-0.25, -0.2) is 4.98 Å². The number of aliphatic hydroxyl groups is 1. The molecule has 7 heteroatoms. The van der Waals surface area contributed by atoms with Gasteiger partial charge in [0.05, 0.1) is 18.1 Å². The molecule has 1 aliphatic heterocycles. The molecule has 122 valence electrons. The monoisotopic (exact) mass is 332 g/mol. The SMILES string of the molecule is O=c1[nH]cnc2c1NCC2CNC[C@@H](O)CSc1ccccc1. The molecule has 1 unspecified atom stereocenters. The van der Waals surface area contributed by atoms with Gasteiger partial charge in [-0.05, 0) is 12.1 Å². The molecule has 2 heterocycles. The van der Waals surface area contributed by atoms with Crippen LogP contribution in [0.1, 0.15) is 11.6 Å². The van der Waals surface area contributed by atoms with Crippen molar-refractivity contribution >= 4 is 17.4 Å². The van der Waals surface area contributed by atoms with E-state index in [1.807, 2.05) is 30.3 Å². The molecule has 6 nitrogen and oxygen atoms in total. The second-order valence-electron chi connectivity index (χ2n) is 5.51. The average molecular weight is 332 g/mol. The predicted octanol–water partition coefficient (Wildman–Crippen LogP) is 1.02. The Morgan fingerprint density at radius 2 is 2.22 bits per heavy atom. The summed E-state index contributed by atoms with van der Waals surface area (Å²) in [4.78, 5) is 19.6. The van der Waals surface area contributed by atoms with Gasteiger partial charge in [0.2, 0.25) is 0 Å². The first-order valence-electron chi connectivity index (χ1n) is 7.62. The highest BCUT2D eigenvalue weighted by Crippen LogP contribution is 2.25. The molecule has 0 saturated carbocycles. The van der Waals surface area contributed by atoms with Crippen LogP contribution < -0.4 is 16.2 Å². The number of benzene rings is 1. The van der Waals surface area contributed by atoms with Crippen LogP contribution >= 0.6 is 11.8 Å². The Balaban J connectivity index is 1.42. The Bertz CT molecular complexity index is 692. The van der Waals surface area contributed by atoms with E-state index in [2.05, 4.69) is 20.6 Å². The molecule has 1 aromatic heterocycles. The summed E-state index contributed by atoms with van der Waals surface area (Å²) in [7, 11) is 0. The van der Waals surface area contributed by atoms with Crippen LogP contribution in [0.2, 0.25) is 0 Å². The molecule has 0 aliphatic carbocycles. The highest BCUT2D eigenvalue weighted by molar-refractivity contribution is 7.99. The quantitative estimate of drug-likeness (QED) is 0.566. The van der Waals surface area contributed by atoms with E-state index in [-0.39, 0.29) is 11.5 Å². The molecule has 0 bridgehead atoms. The van der Waals surface area contributed by atoms with Crippen LogP contribution in [0.25, 0.3) is 0 Å². The summed E-state index contributed by atoms with van der Waals surface area (Å²) in [6.45, 7) is 1.90. The van der Waals surface area contributed by atoms with E-state index in [0.29, 0.717) is 31.1 Å². The molecule has 1 aromatic carbocycles. The summed E-state index contributed by atoms with van der Waals surface area (Å²) in [5.41, 5.74) is 1.24. The zero-order chi connectivity index (χ0) is 16.1. The Morgan fingerprint density at radius 1 is 1.39 bits per heavy atom. The smallest absolute Gasteiger partial charge is 0.274 e. The Kier molecular flexibility index (Phi) is 5.32. The van der Waals surface area contributed by atoms with Crippen LogP contribution in [0.4, 0.5) is 5.69 Å². The van der Waals surface area contributed by atoms with Gasteiger partial charge >= 0.3 is 0 Å². The summed E-state index contributed by atoms with van der Waals surface area (Å²) in [5.74, 6) is 0.801. The van der Waals surface area contributed by atoms with Gasteiger partial charge in [0.25, 0.3) is 5.56 Å². The maximum absolute atomic E-state index is 11.6.